The van der Waals surface area contributed by atoms with Crippen LogP contribution in [-0.2, 0) is 4.79 Å². The first-order valence-electron chi connectivity index (χ1n) is 5.84. The van der Waals surface area contributed by atoms with E-state index in [1.54, 1.807) is 0 Å². The standard InChI is InChI=1S/C12H20O/c13-10-12(8-4-1-5-9-12)11-6-2-3-7-11/h10-11H,1-9H2. The van der Waals surface area contributed by atoms with Gasteiger partial charge >= 0.3 is 0 Å². The molecule has 74 valence electrons. The molecule has 0 saturated heterocycles. The van der Waals surface area contributed by atoms with Gasteiger partial charge in [0.25, 0.3) is 0 Å². The van der Waals surface area contributed by atoms with Gasteiger partial charge in [-0.1, -0.05) is 32.1 Å². The van der Waals surface area contributed by atoms with Gasteiger partial charge < -0.3 is 4.79 Å². The van der Waals surface area contributed by atoms with Gasteiger partial charge in [0.05, 0.1) is 0 Å². The van der Waals surface area contributed by atoms with Gasteiger partial charge in [0.1, 0.15) is 6.29 Å². The lowest BCUT2D eigenvalue weighted by atomic mass is 9.66. The van der Waals surface area contributed by atoms with Crippen molar-refractivity contribution in [3.63, 3.8) is 0 Å². The Kier molecular flexibility index (Phi) is 2.71. The molecule has 0 radical (unpaired) electrons. The van der Waals surface area contributed by atoms with Crippen LogP contribution in [-0.4, -0.2) is 6.29 Å². The molecule has 1 heteroatoms. The number of carbonyl (C=O) groups excluding carboxylic acids is 1. The topological polar surface area (TPSA) is 17.1 Å². The van der Waals surface area contributed by atoms with Crippen LogP contribution in [0.25, 0.3) is 0 Å². The molecule has 0 aromatic rings. The molecule has 0 heterocycles. The fourth-order valence-corrected chi connectivity index (χ4v) is 3.33. The van der Waals surface area contributed by atoms with E-state index in [1.807, 2.05) is 0 Å². The van der Waals surface area contributed by atoms with Crippen molar-refractivity contribution < 1.29 is 4.79 Å². The number of aldehydes is 1. The predicted molar refractivity (Wildman–Crippen MR) is 53.5 cm³/mol. The van der Waals surface area contributed by atoms with Crippen molar-refractivity contribution in [3.05, 3.63) is 0 Å². The summed E-state index contributed by atoms with van der Waals surface area (Å²) in [6, 6.07) is 0. The Hall–Kier alpha value is -0.330. The Balaban J connectivity index is 2.07. The van der Waals surface area contributed by atoms with E-state index in [4.69, 9.17) is 0 Å². The van der Waals surface area contributed by atoms with Crippen LogP contribution >= 0.6 is 0 Å². The fraction of sp³-hybridized carbons (Fsp3) is 0.917. The molecule has 0 aromatic heterocycles. The molecule has 0 aliphatic heterocycles. The molecule has 13 heavy (non-hydrogen) atoms. The first-order chi connectivity index (χ1) is 6.37. The minimum absolute atomic E-state index is 0.120. The summed E-state index contributed by atoms with van der Waals surface area (Å²) in [5, 5.41) is 0. The molecule has 0 atom stereocenters. The van der Waals surface area contributed by atoms with Gasteiger partial charge in [-0.2, -0.15) is 0 Å². The molecule has 2 aliphatic carbocycles. The van der Waals surface area contributed by atoms with Crippen LogP contribution in [0.1, 0.15) is 57.8 Å². The SMILES string of the molecule is O=CC1(C2CCCC2)CCCCC1. The van der Waals surface area contributed by atoms with Crippen molar-refractivity contribution in [1.82, 2.24) is 0 Å². The van der Waals surface area contributed by atoms with Gasteiger partial charge in [-0.15, -0.1) is 0 Å². The van der Waals surface area contributed by atoms with Crippen LogP contribution in [0.15, 0.2) is 0 Å². The highest BCUT2D eigenvalue weighted by atomic mass is 16.1. The minimum atomic E-state index is 0.120. The number of carbonyl (C=O) groups is 1. The van der Waals surface area contributed by atoms with Crippen molar-refractivity contribution in [2.45, 2.75) is 57.8 Å². The third-order valence-corrected chi connectivity index (χ3v) is 4.19. The lowest BCUT2D eigenvalue weighted by Gasteiger charge is -2.37. The predicted octanol–water partition coefficient (Wildman–Crippen LogP) is 3.33. The third kappa shape index (κ3) is 1.66. The van der Waals surface area contributed by atoms with Crippen LogP contribution in [0.4, 0.5) is 0 Å². The Morgan fingerprint density at radius 1 is 0.923 bits per heavy atom. The first kappa shape index (κ1) is 9.23. The van der Waals surface area contributed by atoms with Gasteiger partial charge in [-0.3, -0.25) is 0 Å². The van der Waals surface area contributed by atoms with Crippen molar-refractivity contribution in [2.75, 3.05) is 0 Å². The third-order valence-electron chi connectivity index (χ3n) is 4.19. The molecule has 2 saturated carbocycles. The maximum atomic E-state index is 11.3. The van der Waals surface area contributed by atoms with Gasteiger partial charge in [0, 0.05) is 5.41 Å². The summed E-state index contributed by atoms with van der Waals surface area (Å²) >= 11 is 0. The maximum Gasteiger partial charge on any atom is 0.126 e. The Morgan fingerprint density at radius 2 is 1.54 bits per heavy atom. The second-order valence-corrected chi connectivity index (χ2v) is 4.89. The van der Waals surface area contributed by atoms with Gasteiger partial charge in [-0.05, 0) is 31.6 Å². The van der Waals surface area contributed by atoms with E-state index in [2.05, 4.69) is 0 Å². The molecule has 0 bridgehead atoms. The fourth-order valence-electron chi connectivity index (χ4n) is 3.33. The number of hydrogen-bond donors (Lipinski definition) is 0. The zero-order valence-corrected chi connectivity index (χ0v) is 8.43. The minimum Gasteiger partial charge on any atom is -0.303 e. The van der Waals surface area contributed by atoms with Gasteiger partial charge in [0.15, 0.2) is 0 Å². The normalized spacial score (nSPS) is 28.9. The van der Waals surface area contributed by atoms with Crippen LogP contribution in [0, 0.1) is 11.3 Å². The zero-order chi connectivity index (χ0) is 9.15. The smallest absolute Gasteiger partial charge is 0.126 e. The molecule has 1 nitrogen and oxygen atoms in total. The van der Waals surface area contributed by atoms with Crippen molar-refractivity contribution in [1.29, 1.82) is 0 Å². The molecule has 0 spiro atoms. The summed E-state index contributed by atoms with van der Waals surface area (Å²) in [5.41, 5.74) is 0.120. The summed E-state index contributed by atoms with van der Waals surface area (Å²) in [4.78, 5) is 11.3. The van der Waals surface area contributed by atoms with Crippen molar-refractivity contribution in [2.24, 2.45) is 11.3 Å². The molecule has 0 amide bonds. The largest absolute Gasteiger partial charge is 0.303 e. The van der Waals surface area contributed by atoms with E-state index in [-0.39, 0.29) is 5.41 Å². The quantitative estimate of drug-likeness (QED) is 0.596. The lowest BCUT2D eigenvalue weighted by molar-refractivity contribution is -0.121. The van der Waals surface area contributed by atoms with E-state index < -0.39 is 0 Å². The lowest BCUT2D eigenvalue weighted by Crippen LogP contribution is -2.33. The number of hydrogen-bond acceptors (Lipinski definition) is 1. The van der Waals surface area contributed by atoms with Gasteiger partial charge in [-0.25, -0.2) is 0 Å². The Bertz CT molecular complexity index is 174. The molecule has 2 fully saturated rings. The highest BCUT2D eigenvalue weighted by molar-refractivity contribution is 5.60. The highest BCUT2D eigenvalue weighted by Crippen LogP contribution is 2.47. The zero-order valence-electron chi connectivity index (χ0n) is 8.43. The van der Waals surface area contributed by atoms with Crippen LogP contribution < -0.4 is 0 Å². The van der Waals surface area contributed by atoms with E-state index in [1.165, 1.54) is 64.1 Å². The summed E-state index contributed by atoms with van der Waals surface area (Å²) in [6.45, 7) is 0. The summed E-state index contributed by atoms with van der Waals surface area (Å²) in [7, 11) is 0. The Labute approximate surface area is 80.9 Å². The average Bonchev–Trinajstić information content (AvgIpc) is 2.72. The van der Waals surface area contributed by atoms with E-state index >= 15 is 0 Å². The van der Waals surface area contributed by atoms with Crippen LogP contribution in [0.2, 0.25) is 0 Å². The molecule has 0 unspecified atom stereocenters. The van der Waals surface area contributed by atoms with Crippen LogP contribution in [0.5, 0.6) is 0 Å². The van der Waals surface area contributed by atoms with E-state index in [9.17, 15) is 4.79 Å². The highest BCUT2D eigenvalue weighted by Gasteiger charge is 2.40. The average molecular weight is 180 g/mol. The first-order valence-corrected chi connectivity index (χ1v) is 5.84. The van der Waals surface area contributed by atoms with Crippen molar-refractivity contribution in [3.8, 4) is 0 Å². The monoisotopic (exact) mass is 180 g/mol. The van der Waals surface area contributed by atoms with E-state index in [0.717, 1.165) is 5.92 Å². The summed E-state index contributed by atoms with van der Waals surface area (Å²) < 4.78 is 0. The maximum absolute atomic E-state index is 11.3. The second-order valence-electron chi connectivity index (χ2n) is 4.89. The summed E-state index contributed by atoms with van der Waals surface area (Å²) in [6.07, 6.45) is 13.0. The summed E-state index contributed by atoms with van der Waals surface area (Å²) in [5.74, 6) is 0.741. The molecular formula is C12H20O. The Morgan fingerprint density at radius 3 is 2.08 bits per heavy atom. The molecular weight excluding hydrogens is 160 g/mol. The van der Waals surface area contributed by atoms with Crippen LogP contribution in [0.3, 0.4) is 0 Å². The van der Waals surface area contributed by atoms with Gasteiger partial charge in [0.2, 0.25) is 0 Å². The van der Waals surface area contributed by atoms with Crippen molar-refractivity contribution >= 4 is 6.29 Å². The molecule has 2 aliphatic rings. The molecule has 0 aromatic carbocycles. The molecule has 0 N–H and O–H groups in total. The molecule has 2 rings (SSSR count). The second kappa shape index (κ2) is 3.81. The van der Waals surface area contributed by atoms with E-state index in [0.29, 0.717) is 0 Å². The number of rotatable bonds is 2.